The minimum Gasteiger partial charge on any atom is -0.437 e. The highest BCUT2D eigenvalue weighted by molar-refractivity contribution is 7.86. The first-order valence-corrected chi connectivity index (χ1v) is 52.8. The van der Waals surface area contributed by atoms with Crippen molar-refractivity contribution in [3.63, 3.8) is 0 Å². The van der Waals surface area contributed by atoms with Crippen LogP contribution in [0.15, 0.2) is 259 Å². The average molecular weight is 1980 g/mol. The Morgan fingerprint density at radius 1 is 0.324 bits per heavy atom. The van der Waals surface area contributed by atoms with Crippen LogP contribution in [-0.2, 0) is 53.6 Å². The van der Waals surface area contributed by atoms with Gasteiger partial charge >= 0.3 is 0 Å². The molecule has 0 saturated heterocycles. The lowest BCUT2D eigenvalue weighted by Crippen LogP contribution is -2.12. The summed E-state index contributed by atoms with van der Waals surface area (Å²) in [5.74, 6) is 5.45. The molecule has 8 N–H and O–H groups in total. The summed E-state index contributed by atoms with van der Waals surface area (Å²) in [5.41, 5.74) is 25.8. The Kier molecular flexibility index (Phi) is 27.3. The van der Waals surface area contributed by atoms with E-state index < -0.39 is 40.5 Å². The lowest BCUT2D eigenvalue weighted by atomic mass is 9.98. The molecule has 142 heavy (non-hydrogen) atoms. The van der Waals surface area contributed by atoms with Crippen molar-refractivity contribution in [1.82, 2.24) is 68.9 Å². The molecule has 0 amide bonds. The fourth-order valence-corrected chi connectivity index (χ4v) is 21.3. The number of benzene rings is 13. The summed E-state index contributed by atoms with van der Waals surface area (Å²) in [6.45, 7) is 25.2. The SMILES string of the molecule is CCCCC(CC)Cn1c(-c2ccc(-c3nc4c(S(=O)(=O)O)cc(C)cc4n3CC(CC)CCCC)cc2)nc2c(S(=O)(=O)O)cc(C)cc21.Cc1cc(S(=O)(=O)O)c2nc(/C=C/c3nc4c(S(=O)(=O)O)cc(C)cc4o3)oc2c1.Cc1ccc2nc(-c3ccc(-c4ccc(-c5nc6ccc(C)cc6[nH]5)cc4)cc3)[nH]c2c1.Cc1ccc2nc(-c3cccc4cccc(-c5nc6ccc(C)cc6[nH]5)c34)[nH]c2c1. The molecule has 13 aromatic carbocycles. The largest absolute Gasteiger partial charge is 0.437 e. The maximum absolute atomic E-state index is 12.5. The van der Waals surface area contributed by atoms with Gasteiger partial charge in [0.2, 0.25) is 11.8 Å². The highest BCUT2D eigenvalue weighted by atomic mass is 32.2. The van der Waals surface area contributed by atoms with Crippen molar-refractivity contribution < 1.29 is 60.7 Å². The summed E-state index contributed by atoms with van der Waals surface area (Å²) in [5, 5.41) is 2.31. The second-order valence-corrected chi connectivity index (χ2v) is 42.2. The van der Waals surface area contributed by atoms with Crippen molar-refractivity contribution in [3.05, 3.63) is 287 Å². The van der Waals surface area contributed by atoms with Crippen molar-refractivity contribution >= 4 is 152 Å². The molecule has 21 rings (SSSR count). The van der Waals surface area contributed by atoms with E-state index in [-0.39, 0.29) is 64.6 Å². The van der Waals surface area contributed by atoms with Gasteiger partial charge in [-0.15, -0.1) is 0 Å². The fraction of sp³-hybridized carbons (Fsp3) is 0.218. The number of aromatic nitrogens is 14. The van der Waals surface area contributed by atoms with Crippen molar-refractivity contribution in [2.75, 3.05) is 0 Å². The van der Waals surface area contributed by atoms with Crippen LogP contribution in [-0.4, -0.2) is 121 Å². The zero-order chi connectivity index (χ0) is 100. The van der Waals surface area contributed by atoms with Gasteiger partial charge in [0, 0.05) is 64.0 Å². The molecule has 0 saturated carbocycles. The maximum atomic E-state index is 12.5. The van der Waals surface area contributed by atoms with Gasteiger partial charge in [-0.1, -0.05) is 200 Å². The Balaban J connectivity index is 0.000000128. The predicted molar refractivity (Wildman–Crippen MR) is 561 cm³/mol. The third-order valence-electron chi connectivity index (χ3n) is 25.6. The van der Waals surface area contributed by atoms with E-state index in [9.17, 15) is 51.9 Å². The van der Waals surface area contributed by atoms with E-state index in [0.717, 1.165) is 158 Å². The van der Waals surface area contributed by atoms with Crippen LogP contribution in [0.3, 0.4) is 0 Å². The predicted octanol–water partition coefficient (Wildman–Crippen LogP) is 26.1. The third kappa shape index (κ3) is 20.9. The van der Waals surface area contributed by atoms with E-state index >= 15 is 0 Å². The van der Waals surface area contributed by atoms with Crippen LogP contribution in [0, 0.1) is 67.2 Å². The molecule has 724 valence electrons. The second-order valence-electron chi connectivity index (χ2n) is 36.6. The Labute approximate surface area is 821 Å². The second kappa shape index (κ2) is 39.7. The van der Waals surface area contributed by atoms with Gasteiger partial charge in [0.1, 0.15) is 76.6 Å². The van der Waals surface area contributed by atoms with E-state index in [4.69, 9.17) is 38.7 Å². The number of hydrogen-bond donors (Lipinski definition) is 8. The van der Waals surface area contributed by atoms with Crippen molar-refractivity contribution in [1.29, 1.82) is 0 Å². The molecule has 0 aliphatic heterocycles. The fourth-order valence-electron chi connectivity index (χ4n) is 18.3. The van der Waals surface area contributed by atoms with Gasteiger partial charge in [-0.2, -0.15) is 33.7 Å². The van der Waals surface area contributed by atoms with E-state index in [1.165, 1.54) is 75.2 Å². The van der Waals surface area contributed by atoms with E-state index in [1.54, 1.807) is 39.8 Å². The molecule has 0 aliphatic rings. The minimum absolute atomic E-state index is 0.00828. The molecular formula is C110H106N14O14S4. The number of hydrogen-bond acceptors (Lipinski definition) is 18. The molecule has 0 aliphatic carbocycles. The van der Waals surface area contributed by atoms with Crippen LogP contribution in [0.4, 0.5) is 0 Å². The van der Waals surface area contributed by atoms with Crippen molar-refractivity contribution in [2.45, 2.75) is 167 Å². The Morgan fingerprint density at radius 2 is 0.627 bits per heavy atom. The average Bonchev–Trinajstić information content (AvgIpc) is 1.60. The first-order chi connectivity index (χ1) is 67.9. The number of fused-ring (bicyclic) bond motifs is 9. The van der Waals surface area contributed by atoms with Gasteiger partial charge in [0.15, 0.2) is 11.2 Å². The van der Waals surface area contributed by atoms with E-state index in [1.807, 2.05) is 36.4 Å². The van der Waals surface area contributed by atoms with Crippen LogP contribution in [0.5, 0.6) is 0 Å². The number of nitrogens with zero attached hydrogens (tertiary/aromatic N) is 10. The summed E-state index contributed by atoms with van der Waals surface area (Å²) in [6.07, 6.45) is 11.0. The molecule has 2 unspecified atom stereocenters. The van der Waals surface area contributed by atoms with Gasteiger partial charge in [-0.25, -0.2) is 39.9 Å². The van der Waals surface area contributed by atoms with Gasteiger partial charge in [0.25, 0.3) is 40.5 Å². The van der Waals surface area contributed by atoms with Crippen LogP contribution in [0.25, 0.3) is 191 Å². The third-order valence-corrected chi connectivity index (χ3v) is 29.1. The summed E-state index contributed by atoms with van der Waals surface area (Å²) in [6, 6.07) is 75.0. The lowest BCUT2D eigenvalue weighted by molar-refractivity contribution is 0.397. The number of oxazole rings is 2. The summed E-state index contributed by atoms with van der Waals surface area (Å²) < 4.78 is 151. The molecule has 21 aromatic rings. The summed E-state index contributed by atoms with van der Waals surface area (Å²) >= 11 is 0. The Morgan fingerprint density at radius 3 is 0.951 bits per heavy atom. The molecule has 8 aromatic heterocycles. The maximum Gasteiger partial charge on any atom is 0.296 e. The molecule has 28 nitrogen and oxygen atoms in total. The molecule has 8 heterocycles. The van der Waals surface area contributed by atoms with Crippen molar-refractivity contribution in [3.8, 4) is 79.5 Å². The standard InChI is InChI=1S/C38H50N4O6S2.C28H22N4.C26H20N4.C18H14N2O8S2/c1-7-11-13-27(9-3)23-41-31-19-25(5)21-33(49(43,44)45)35(31)39-37(41)29-15-17-30(18-16-29)38-40-36-32(20-26(6)22-34(36)50(46,47)48)42(38)24-28(10-4)14-12-8-2;1-17-3-13-23-25(15-17)31-27(29-23)21-9-5-19(6-10-21)20-7-11-22(12-8-20)28-30-24-14-4-18(2)16-26(24)32-28;1-15-9-11-20-22(13-15)29-25(27-20)18-7-3-5-17-6-4-8-19(24(17)18)26-28-21-12-10-16(2)14-23(21)30-26;1-9-5-11-17(13(7-9)29(21,22)23)19-15(27-11)3-4-16-20-18-12(28-16)6-10(2)8-14(18)30(24,25)26/h15-22,27-28H,7-14,23-24H2,1-6H3,(H,43,44,45)(H,46,47,48);3-16H,1-2H3,(H,29,31)(H,30,32);3-14H,1-2H3,(H,27,29)(H,28,30);3-8H,1-2H3,(H,21,22,23)(H,24,25,26)/b;;;4-3+. The minimum atomic E-state index is -4.53. The van der Waals surface area contributed by atoms with Gasteiger partial charge in [-0.3, -0.25) is 18.2 Å². The molecule has 0 fully saturated rings. The quantitative estimate of drug-likeness (QED) is 0.0246. The number of rotatable bonds is 25. The summed E-state index contributed by atoms with van der Waals surface area (Å²) in [4.78, 5) is 49.7. The zero-order valence-corrected chi connectivity index (χ0v) is 83.6. The van der Waals surface area contributed by atoms with Crippen LogP contribution in [0.2, 0.25) is 0 Å². The van der Waals surface area contributed by atoms with E-state index in [2.05, 4.69) is 252 Å². The van der Waals surface area contributed by atoms with Crippen LogP contribution < -0.4 is 0 Å². The normalized spacial score (nSPS) is 12.6. The number of H-pyrrole nitrogens is 4. The van der Waals surface area contributed by atoms with Gasteiger partial charge in [0.05, 0.1) is 55.2 Å². The van der Waals surface area contributed by atoms with Gasteiger partial charge < -0.3 is 37.9 Å². The van der Waals surface area contributed by atoms with E-state index in [0.29, 0.717) is 69.9 Å². The monoisotopic (exact) mass is 1970 g/mol. The zero-order valence-electron chi connectivity index (χ0n) is 80.3. The highest BCUT2D eigenvalue weighted by Crippen LogP contribution is 2.41. The molecule has 0 radical (unpaired) electrons. The molecular weight excluding hydrogens is 1870 g/mol. The highest BCUT2D eigenvalue weighted by Gasteiger charge is 2.29. The molecule has 32 heteroatoms. The summed E-state index contributed by atoms with van der Waals surface area (Å²) in [7, 11) is -18.1. The number of imidazole rings is 6. The Hall–Kier alpha value is -14.7. The van der Waals surface area contributed by atoms with Crippen LogP contribution >= 0.6 is 0 Å². The lowest BCUT2D eigenvalue weighted by Gasteiger charge is -2.19. The van der Waals surface area contributed by atoms with Gasteiger partial charge in [-0.05, 0) is 238 Å². The number of aryl methyl sites for hydroxylation is 8. The number of unbranched alkanes of at least 4 members (excludes halogenated alkanes) is 2. The Bertz CT molecular complexity index is 8470. The first-order valence-electron chi connectivity index (χ1n) is 47.0. The topological polar surface area (TPSA) is 420 Å². The molecule has 0 bridgehead atoms. The smallest absolute Gasteiger partial charge is 0.296 e. The molecule has 0 spiro atoms. The van der Waals surface area contributed by atoms with Crippen molar-refractivity contribution in [2.24, 2.45) is 11.8 Å². The number of aromatic amines is 4. The van der Waals surface area contributed by atoms with Crippen LogP contribution in [0.1, 0.15) is 135 Å². The number of nitrogens with one attached hydrogen (secondary N) is 4. The first kappa shape index (κ1) is 97.5. The molecule has 2 atom stereocenters.